The fraction of sp³-hybridized carbons (Fsp3) is 0.444. The van der Waals surface area contributed by atoms with E-state index in [1.165, 1.54) is 4.88 Å². The van der Waals surface area contributed by atoms with Gasteiger partial charge in [-0.15, -0.1) is 35.3 Å². The highest BCUT2D eigenvalue weighted by Gasteiger charge is 2.03. The number of nitrogens with zero attached hydrogens (tertiary/aromatic N) is 2. The second-order valence-electron chi connectivity index (χ2n) is 5.63. The van der Waals surface area contributed by atoms with Gasteiger partial charge < -0.3 is 15.1 Å². The van der Waals surface area contributed by atoms with Crippen LogP contribution in [0.25, 0.3) is 0 Å². The molecule has 0 unspecified atom stereocenters. The predicted molar refractivity (Wildman–Crippen MR) is 116 cm³/mol. The van der Waals surface area contributed by atoms with Crippen molar-refractivity contribution < 1.29 is 4.42 Å². The fourth-order valence-corrected chi connectivity index (χ4v) is 2.92. The second-order valence-corrected chi connectivity index (χ2v) is 6.83. The molecule has 0 fully saturated rings. The minimum atomic E-state index is 0. The number of aromatic nitrogens is 1. The van der Waals surface area contributed by atoms with E-state index in [1.807, 2.05) is 25.3 Å². The summed E-state index contributed by atoms with van der Waals surface area (Å²) < 4.78 is 5.34. The second kappa shape index (κ2) is 12.1. The summed E-state index contributed by atoms with van der Waals surface area (Å²) >= 11 is 1.78. The highest BCUT2D eigenvalue weighted by atomic mass is 127. The molecule has 2 N–H and O–H groups in total. The molecule has 0 atom stereocenters. The SMILES string of the molecule is C=C(C)CN=C(NCCc1ccco1)NCCc1ncc(CC)s1.I. The number of halogens is 1. The Hall–Kier alpha value is -1.35. The Morgan fingerprint density at radius 3 is 2.68 bits per heavy atom. The zero-order valence-corrected chi connectivity index (χ0v) is 18.0. The van der Waals surface area contributed by atoms with Gasteiger partial charge in [-0.2, -0.15) is 0 Å². The van der Waals surface area contributed by atoms with Gasteiger partial charge in [0, 0.05) is 37.0 Å². The lowest BCUT2D eigenvalue weighted by Gasteiger charge is -2.12. The molecule has 0 saturated carbocycles. The summed E-state index contributed by atoms with van der Waals surface area (Å²) in [6.07, 6.45) is 6.44. The Kier molecular flexibility index (Phi) is 10.5. The summed E-state index contributed by atoms with van der Waals surface area (Å²) in [5.74, 6) is 1.77. The van der Waals surface area contributed by atoms with Crippen LogP contribution in [-0.4, -0.2) is 30.6 Å². The smallest absolute Gasteiger partial charge is 0.191 e. The van der Waals surface area contributed by atoms with E-state index in [4.69, 9.17) is 4.42 Å². The fourth-order valence-electron chi connectivity index (χ4n) is 2.06. The minimum Gasteiger partial charge on any atom is -0.469 e. The Morgan fingerprint density at radius 2 is 2.08 bits per heavy atom. The van der Waals surface area contributed by atoms with Gasteiger partial charge in [0.05, 0.1) is 17.8 Å². The molecule has 5 nitrogen and oxygen atoms in total. The average molecular weight is 474 g/mol. The zero-order valence-electron chi connectivity index (χ0n) is 14.9. The van der Waals surface area contributed by atoms with Gasteiger partial charge in [-0.3, -0.25) is 0 Å². The van der Waals surface area contributed by atoms with E-state index in [0.717, 1.165) is 54.7 Å². The Labute approximate surface area is 171 Å². The van der Waals surface area contributed by atoms with Crippen LogP contribution < -0.4 is 10.6 Å². The molecule has 2 aromatic heterocycles. The maximum Gasteiger partial charge on any atom is 0.191 e. The van der Waals surface area contributed by atoms with Gasteiger partial charge in [0.15, 0.2) is 5.96 Å². The molecule has 0 spiro atoms. The molecule has 2 rings (SSSR count). The summed E-state index contributed by atoms with van der Waals surface area (Å²) in [7, 11) is 0. The van der Waals surface area contributed by atoms with Gasteiger partial charge in [-0.1, -0.05) is 19.1 Å². The highest BCUT2D eigenvalue weighted by Crippen LogP contribution is 2.13. The Morgan fingerprint density at radius 1 is 1.32 bits per heavy atom. The average Bonchev–Trinajstić information content (AvgIpc) is 3.23. The van der Waals surface area contributed by atoms with Crippen LogP contribution in [0.4, 0.5) is 0 Å². The number of nitrogens with one attached hydrogen (secondary N) is 2. The van der Waals surface area contributed by atoms with E-state index in [2.05, 4.69) is 34.1 Å². The molecular formula is C18H27IN4OS. The van der Waals surface area contributed by atoms with Gasteiger partial charge in [0.1, 0.15) is 5.76 Å². The summed E-state index contributed by atoms with van der Waals surface area (Å²) in [4.78, 5) is 10.3. The maximum absolute atomic E-state index is 5.34. The summed E-state index contributed by atoms with van der Waals surface area (Å²) in [6.45, 7) is 10.2. The molecule has 7 heteroatoms. The van der Waals surface area contributed by atoms with Gasteiger partial charge in [-0.05, 0) is 25.5 Å². The van der Waals surface area contributed by atoms with Crippen LogP contribution in [0.15, 0.2) is 46.2 Å². The van der Waals surface area contributed by atoms with Crippen LogP contribution in [0.1, 0.15) is 29.5 Å². The normalized spacial score (nSPS) is 11.0. The van der Waals surface area contributed by atoms with Crippen molar-refractivity contribution in [3.05, 3.63) is 52.4 Å². The number of thiazole rings is 1. The Bertz CT molecular complexity index is 652. The molecule has 0 aliphatic heterocycles. The van der Waals surface area contributed by atoms with Crippen molar-refractivity contribution in [2.45, 2.75) is 33.1 Å². The van der Waals surface area contributed by atoms with E-state index < -0.39 is 0 Å². The maximum atomic E-state index is 5.34. The molecule has 0 aromatic carbocycles. The van der Waals surface area contributed by atoms with Crippen LogP contribution in [0, 0.1) is 0 Å². The highest BCUT2D eigenvalue weighted by molar-refractivity contribution is 14.0. The van der Waals surface area contributed by atoms with Crippen LogP contribution >= 0.6 is 35.3 Å². The van der Waals surface area contributed by atoms with Crippen LogP contribution in [0.3, 0.4) is 0 Å². The number of rotatable bonds is 9. The molecule has 2 aromatic rings. The van der Waals surface area contributed by atoms with Gasteiger partial charge in [0.2, 0.25) is 0 Å². The van der Waals surface area contributed by atoms with Gasteiger partial charge in [-0.25, -0.2) is 9.98 Å². The van der Waals surface area contributed by atoms with E-state index in [-0.39, 0.29) is 24.0 Å². The first-order valence-electron chi connectivity index (χ1n) is 8.30. The first-order chi connectivity index (χ1) is 11.7. The number of guanidine groups is 1. The molecule has 25 heavy (non-hydrogen) atoms. The van der Waals surface area contributed by atoms with Crippen LogP contribution in [0.5, 0.6) is 0 Å². The molecule has 0 saturated heterocycles. The van der Waals surface area contributed by atoms with E-state index >= 15 is 0 Å². The Balaban J connectivity index is 0.00000312. The quantitative estimate of drug-likeness (QED) is 0.251. The summed E-state index contributed by atoms with van der Waals surface area (Å²) in [5, 5.41) is 7.86. The molecule has 0 amide bonds. The van der Waals surface area contributed by atoms with Crippen molar-refractivity contribution in [2.75, 3.05) is 19.6 Å². The van der Waals surface area contributed by atoms with Crippen molar-refractivity contribution in [3.63, 3.8) is 0 Å². The van der Waals surface area contributed by atoms with Gasteiger partial charge >= 0.3 is 0 Å². The topological polar surface area (TPSA) is 62.5 Å². The predicted octanol–water partition coefficient (Wildman–Crippen LogP) is 3.81. The van der Waals surface area contributed by atoms with E-state index in [9.17, 15) is 0 Å². The molecule has 0 aliphatic rings. The lowest BCUT2D eigenvalue weighted by molar-refractivity contribution is 0.507. The largest absolute Gasteiger partial charge is 0.469 e. The number of aryl methyl sites for hydroxylation is 1. The molecule has 0 radical (unpaired) electrons. The van der Waals surface area contributed by atoms with Crippen LogP contribution in [-0.2, 0) is 19.3 Å². The first-order valence-corrected chi connectivity index (χ1v) is 9.11. The van der Waals surface area contributed by atoms with E-state index in [1.54, 1.807) is 17.6 Å². The lowest BCUT2D eigenvalue weighted by Crippen LogP contribution is -2.39. The molecule has 0 aliphatic carbocycles. The van der Waals surface area contributed by atoms with Crippen molar-refractivity contribution in [2.24, 2.45) is 4.99 Å². The van der Waals surface area contributed by atoms with Gasteiger partial charge in [0.25, 0.3) is 0 Å². The zero-order chi connectivity index (χ0) is 17.2. The third-order valence-corrected chi connectivity index (χ3v) is 4.53. The summed E-state index contributed by atoms with van der Waals surface area (Å²) in [5.41, 5.74) is 1.04. The molecule has 2 heterocycles. The summed E-state index contributed by atoms with van der Waals surface area (Å²) in [6, 6.07) is 3.88. The molecule has 0 bridgehead atoms. The van der Waals surface area contributed by atoms with Crippen molar-refractivity contribution in [1.29, 1.82) is 0 Å². The van der Waals surface area contributed by atoms with Crippen molar-refractivity contribution >= 4 is 41.3 Å². The number of aliphatic imine (C=N–C) groups is 1. The van der Waals surface area contributed by atoms with E-state index in [0.29, 0.717) is 6.54 Å². The number of hydrogen-bond acceptors (Lipinski definition) is 4. The molecular weight excluding hydrogens is 447 g/mol. The molecule has 138 valence electrons. The first kappa shape index (κ1) is 21.7. The van der Waals surface area contributed by atoms with Crippen molar-refractivity contribution in [1.82, 2.24) is 15.6 Å². The monoisotopic (exact) mass is 474 g/mol. The third kappa shape index (κ3) is 8.53. The van der Waals surface area contributed by atoms with Crippen molar-refractivity contribution in [3.8, 4) is 0 Å². The lowest BCUT2D eigenvalue weighted by atomic mass is 10.3. The van der Waals surface area contributed by atoms with Crippen LogP contribution in [0.2, 0.25) is 0 Å². The number of hydrogen-bond donors (Lipinski definition) is 2. The minimum absolute atomic E-state index is 0. The number of furan rings is 1. The third-order valence-electron chi connectivity index (χ3n) is 3.33. The standard InChI is InChI=1S/C18H26N4OS.HI/c1-4-16-13-21-17(24-16)8-10-20-18(22-12-14(2)3)19-9-7-15-6-5-11-23-15;/h5-6,11,13H,2,4,7-10,12H2,1,3H3,(H2,19,20,22);1H.